The first-order valence-electron chi connectivity index (χ1n) is 8.48. The van der Waals surface area contributed by atoms with E-state index in [9.17, 15) is 4.79 Å². The maximum absolute atomic E-state index is 12.2. The summed E-state index contributed by atoms with van der Waals surface area (Å²) >= 11 is 6.01. The number of nitrogens with zero attached hydrogens (tertiary/aromatic N) is 2. The topological polar surface area (TPSA) is 23.6 Å². The van der Waals surface area contributed by atoms with E-state index >= 15 is 0 Å². The zero-order valence-electron chi connectivity index (χ0n) is 13.1. The molecule has 1 aromatic rings. The average molecular weight is 321 g/mol. The van der Waals surface area contributed by atoms with Crippen LogP contribution in [0.3, 0.4) is 0 Å². The van der Waals surface area contributed by atoms with Crippen LogP contribution < -0.4 is 0 Å². The van der Waals surface area contributed by atoms with Gasteiger partial charge in [-0.3, -0.25) is 9.69 Å². The van der Waals surface area contributed by atoms with E-state index in [1.165, 1.54) is 12.0 Å². The van der Waals surface area contributed by atoms with Gasteiger partial charge in [-0.05, 0) is 49.9 Å². The second kappa shape index (κ2) is 7.47. The molecule has 3 rings (SSSR count). The van der Waals surface area contributed by atoms with E-state index in [2.05, 4.69) is 21.9 Å². The molecule has 4 heteroatoms. The molecule has 0 aromatic heterocycles. The Morgan fingerprint density at radius 3 is 2.59 bits per heavy atom. The second-order valence-electron chi connectivity index (χ2n) is 6.53. The van der Waals surface area contributed by atoms with Gasteiger partial charge < -0.3 is 4.90 Å². The Bertz CT molecular complexity index is 508. The van der Waals surface area contributed by atoms with Crippen LogP contribution in [0.2, 0.25) is 5.02 Å². The Kier molecular flexibility index (Phi) is 5.37. The van der Waals surface area contributed by atoms with Gasteiger partial charge in [-0.25, -0.2) is 0 Å². The molecule has 0 atom stereocenters. The van der Waals surface area contributed by atoms with Gasteiger partial charge in [-0.15, -0.1) is 0 Å². The number of halogens is 1. The van der Waals surface area contributed by atoms with E-state index in [1.54, 1.807) is 0 Å². The summed E-state index contributed by atoms with van der Waals surface area (Å²) in [5.41, 5.74) is 1.31. The van der Waals surface area contributed by atoms with Crippen molar-refractivity contribution >= 4 is 17.5 Å². The molecule has 1 saturated carbocycles. The summed E-state index contributed by atoms with van der Waals surface area (Å²) in [4.78, 5) is 16.8. The zero-order valence-corrected chi connectivity index (χ0v) is 13.9. The summed E-state index contributed by atoms with van der Waals surface area (Å²) in [5, 5.41) is 0.820. The Hall–Kier alpha value is -1.06. The van der Waals surface area contributed by atoms with Gasteiger partial charge in [-0.2, -0.15) is 0 Å². The summed E-state index contributed by atoms with van der Waals surface area (Å²) < 4.78 is 0. The lowest BCUT2D eigenvalue weighted by Gasteiger charge is -2.38. The highest BCUT2D eigenvalue weighted by Crippen LogP contribution is 2.28. The molecule has 3 nitrogen and oxygen atoms in total. The van der Waals surface area contributed by atoms with E-state index in [0.717, 1.165) is 63.4 Å². The third-order valence-electron chi connectivity index (χ3n) is 4.97. The van der Waals surface area contributed by atoms with Gasteiger partial charge in [-0.1, -0.05) is 30.2 Å². The van der Waals surface area contributed by atoms with Gasteiger partial charge in [0.2, 0.25) is 5.91 Å². The van der Waals surface area contributed by atoms with Crippen molar-refractivity contribution in [1.29, 1.82) is 0 Å². The third kappa shape index (κ3) is 4.02. The van der Waals surface area contributed by atoms with Crippen LogP contribution in [-0.4, -0.2) is 48.4 Å². The van der Waals surface area contributed by atoms with Crippen LogP contribution in [0.4, 0.5) is 0 Å². The van der Waals surface area contributed by atoms with Crippen LogP contribution in [0.1, 0.15) is 31.2 Å². The summed E-state index contributed by atoms with van der Waals surface area (Å²) in [5.74, 6) is 0.749. The minimum absolute atomic E-state index is 0.342. The first-order valence-corrected chi connectivity index (χ1v) is 8.86. The maximum atomic E-state index is 12.2. The molecular formula is C18H25ClN2O. The van der Waals surface area contributed by atoms with Gasteiger partial charge in [0, 0.05) is 37.1 Å². The molecule has 1 aliphatic heterocycles. The third-order valence-corrected chi connectivity index (χ3v) is 5.20. The number of carbonyl (C=O) groups excluding carboxylic acids is 1. The van der Waals surface area contributed by atoms with Crippen LogP contribution in [0.5, 0.6) is 0 Å². The van der Waals surface area contributed by atoms with E-state index in [-0.39, 0.29) is 0 Å². The largest absolute Gasteiger partial charge is 0.340 e. The number of hydrogen-bond donors (Lipinski definition) is 0. The van der Waals surface area contributed by atoms with Gasteiger partial charge in [0.25, 0.3) is 0 Å². The van der Waals surface area contributed by atoms with Crippen molar-refractivity contribution in [1.82, 2.24) is 9.80 Å². The SMILES string of the molecule is O=C(C1CCC1)N1CCN(CCCc2cccc(Cl)c2)CC1. The molecule has 0 N–H and O–H groups in total. The molecule has 22 heavy (non-hydrogen) atoms. The highest BCUT2D eigenvalue weighted by molar-refractivity contribution is 6.30. The summed E-state index contributed by atoms with van der Waals surface area (Å²) in [6.45, 7) is 4.97. The van der Waals surface area contributed by atoms with Gasteiger partial charge in [0.05, 0.1) is 0 Å². The predicted molar refractivity (Wildman–Crippen MR) is 90.1 cm³/mol. The van der Waals surface area contributed by atoms with Crippen LogP contribution in [0.25, 0.3) is 0 Å². The normalized spacial score (nSPS) is 20.0. The average Bonchev–Trinajstić information content (AvgIpc) is 2.46. The minimum Gasteiger partial charge on any atom is -0.340 e. The number of aryl methyl sites for hydroxylation is 1. The summed E-state index contributed by atoms with van der Waals surface area (Å²) in [6.07, 6.45) is 5.68. The smallest absolute Gasteiger partial charge is 0.225 e. The van der Waals surface area contributed by atoms with E-state index in [1.807, 2.05) is 12.1 Å². The summed E-state index contributed by atoms with van der Waals surface area (Å²) in [6, 6.07) is 8.13. The first kappa shape index (κ1) is 15.8. The highest BCUT2D eigenvalue weighted by atomic mass is 35.5. The molecule has 1 aromatic carbocycles. The number of hydrogen-bond acceptors (Lipinski definition) is 2. The number of amides is 1. The number of benzene rings is 1. The van der Waals surface area contributed by atoms with Crippen molar-refractivity contribution in [2.24, 2.45) is 5.92 Å². The summed E-state index contributed by atoms with van der Waals surface area (Å²) in [7, 11) is 0. The standard InChI is InChI=1S/C18H25ClN2O/c19-17-8-1-4-15(14-17)5-3-9-20-10-12-21(13-11-20)18(22)16-6-2-7-16/h1,4,8,14,16H,2-3,5-7,9-13H2. The van der Waals surface area contributed by atoms with Gasteiger partial charge in [0.1, 0.15) is 0 Å². The monoisotopic (exact) mass is 320 g/mol. The first-order chi connectivity index (χ1) is 10.7. The van der Waals surface area contributed by atoms with Gasteiger partial charge in [0.15, 0.2) is 0 Å². The van der Waals surface area contributed by atoms with E-state index in [4.69, 9.17) is 11.6 Å². The van der Waals surface area contributed by atoms with Crippen molar-refractivity contribution in [3.8, 4) is 0 Å². The van der Waals surface area contributed by atoms with Gasteiger partial charge >= 0.3 is 0 Å². The highest BCUT2D eigenvalue weighted by Gasteiger charge is 2.30. The van der Waals surface area contributed by atoms with Crippen LogP contribution in [0, 0.1) is 5.92 Å². The van der Waals surface area contributed by atoms with Crippen molar-refractivity contribution in [3.63, 3.8) is 0 Å². The lowest BCUT2D eigenvalue weighted by atomic mass is 9.84. The molecule has 1 heterocycles. The van der Waals surface area contributed by atoms with Crippen molar-refractivity contribution in [2.45, 2.75) is 32.1 Å². The van der Waals surface area contributed by atoms with Crippen molar-refractivity contribution in [3.05, 3.63) is 34.9 Å². The predicted octanol–water partition coefficient (Wildman–Crippen LogP) is 3.22. The number of carbonyl (C=O) groups is 1. The maximum Gasteiger partial charge on any atom is 0.225 e. The molecule has 1 amide bonds. The van der Waals surface area contributed by atoms with Crippen molar-refractivity contribution in [2.75, 3.05) is 32.7 Å². The van der Waals surface area contributed by atoms with E-state index in [0.29, 0.717) is 11.8 Å². The quantitative estimate of drug-likeness (QED) is 0.831. The second-order valence-corrected chi connectivity index (χ2v) is 6.96. The molecule has 2 aliphatic rings. The molecule has 1 aliphatic carbocycles. The minimum atomic E-state index is 0.342. The number of rotatable bonds is 5. The number of piperazine rings is 1. The molecule has 0 unspecified atom stereocenters. The van der Waals surface area contributed by atoms with Crippen LogP contribution >= 0.6 is 11.6 Å². The Balaban J connectivity index is 1.36. The molecule has 2 fully saturated rings. The molecule has 1 saturated heterocycles. The zero-order chi connectivity index (χ0) is 15.4. The fourth-order valence-electron chi connectivity index (χ4n) is 3.30. The van der Waals surface area contributed by atoms with E-state index < -0.39 is 0 Å². The fraction of sp³-hybridized carbons (Fsp3) is 0.611. The van der Waals surface area contributed by atoms with Crippen molar-refractivity contribution < 1.29 is 4.79 Å². The Morgan fingerprint density at radius 1 is 1.18 bits per heavy atom. The Labute approximate surface area is 138 Å². The Morgan fingerprint density at radius 2 is 1.95 bits per heavy atom. The lowest BCUT2D eigenvalue weighted by Crippen LogP contribution is -2.51. The van der Waals surface area contributed by atoms with Crippen LogP contribution in [0.15, 0.2) is 24.3 Å². The molecule has 0 spiro atoms. The molecular weight excluding hydrogens is 296 g/mol. The fourth-order valence-corrected chi connectivity index (χ4v) is 3.52. The molecule has 120 valence electrons. The van der Waals surface area contributed by atoms with Crippen LogP contribution in [-0.2, 0) is 11.2 Å². The molecule has 0 bridgehead atoms. The lowest BCUT2D eigenvalue weighted by molar-refractivity contribution is -0.139. The molecule has 0 radical (unpaired) electrons.